The molecule has 1 aliphatic rings. The monoisotopic (exact) mass is 310 g/mol. The van der Waals surface area contributed by atoms with Gasteiger partial charge in [0.25, 0.3) is 0 Å². The molecular formula is C14H15BrO3. The predicted molar refractivity (Wildman–Crippen MR) is 73.5 cm³/mol. The second-order valence-corrected chi connectivity index (χ2v) is 4.92. The summed E-state index contributed by atoms with van der Waals surface area (Å²) >= 11 is 3.44. The molecule has 0 N–H and O–H groups in total. The second kappa shape index (κ2) is 5.57. The highest BCUT2D eigenvalue weighted by Gasteiger charge is 2.30. The minimum atomic E-state index is -0.238. The highest BCUT2D eigenvalue weighted by Crippen LogP contribution is 2.40. The van der Waals surface area contributed by atoms with E-state index in [9.17, 15) is 4.79 Å². The van der Waals surface area contributed by atoms with Crippen LogP contribution in [0.25, 0.3) is 5.57 Å². The molecule has 18 heavy (non-hydrogen) atoms. The van der Waals surface area contributed by atoms with Gasteiger partial charge in [0.05, 0.1) is 13.0 Å². The number of allylic oxidation sites excluding steroid dienone is 1. The number of halogens is 1. The Kier molecular flexibility index (Phi) is 4.07. The molecule has 1 unspecified atom stereocenters. The van der Waals surface area contributed by atoms with Crippen molar-refractivity contribution in [3.63, 3.8) is 0 Å². The third-order valence-electron chi connectivity index (χ3n) is 2.84. The van der Waals surface area contributed by atoms with Crippen molar-refractivity contribution in [3.8, 4) is 5.75 Å². The molecule has 1 atom stereocenters. The van der Waals surface area contributed by atoms with Gasteiger partial charge in [-0.1, -0.05) is 22.0 Å². The molecule has 4 heteroatoms. The van der Waals surface area contributed by atoms with Gasteiger partial charge in [-0.15, -0.1) is 0 Å². The molecule has 0 amide bonds. The van der Waals surface area contributed by atoms with E-state index in [1.54, 1.807) is 6.92 Å². The van der Waals surface area contributed by atoms with Gasteiger partial charge < -0.3 is 9.47 Å². The fraction of sp³-hybridized carbons (Fsp3) is 0.357. The maximum atomic E-state index is 11.5. The van der Waals surface area contributed by atoms with Gasteiger partial charge >= 0.3 is 5.97 Å². The summed E-state index contributed by atoms with van der Waals surface area (Å²) in [6.07, 6.45) is 2.00. The summed E-state index contributed by atoms with van der Waals surface area (Å²) in [6, 6.07) is 5.85. The first-order valence-electron chi connectivity index (χ1n) is 5.94. The average Bonchev–Trinajstić information content (AvgIpc) is 2.65. The van der Waals surface area contributed by atoms with Crippen LogP contribution in [-0.2, 0) is 9.53 Å². The molecule has 0 spiro atoms. The van der Waals surface area contributed by atoms with E-state index in [1.165, 1.54) is 0 Å². The van der Waals surface area contributed by atoms with Crippen molar-refractivity contribution in [1.29, 1.82) is 0 Å². The van der Waals surface area contributed by atoms with E-state index >= 15 is 0 Å². The van der Waals surface area contributed by atoms with E-state index in [4.69, 9.17) is 9.47 Å². The highest BCUT2D eigenvalue weighted by atomic mass is 79.9. The number of fused-ring (bicyclic) bond motifs is 1. The van der Waals surface area contributed by atoms with Crippen LogP contribution in [0, 0.1) is 0 Å². The van der Waals surface area contributed by atoms with Gasteiger partial charge in [-0.2, -0.15) is 0 Å². The lowest BCUT2D eigenvalue weighted by atomic mass is 10.0. The number of esters is 1. The summed E-state index contributed by atoms with van der Waals surface area (Å²) in [6.45, 7) is 4.15. The van der Waals surface area contributed by atoms with Crippen LogP contribution in [-0.4, -0.2) is 18.7 Å². The van der Waals surface area contributed by atoms with Crippen molar-refractivity contribution in [1.82, 2.24) is 0 Å². The van der Waals surface area contributed by atoms with Crippen molar-refractivity contribution in [2.75, 3.05) is 6.61 Å². The molecule has 0 saturated carbocycles. The Bertz CT molecular complexity index is 494. The van der Waals surface area contributed by atoms with Crippen LogP contribution in [0.1, 0.15) is 25.8 Å². The highest BCUT2D eigenvalue weighted by molar-refractivity contribution is 9.10. The zero-order valence-electron chi connectivity index (χ0n) is 10.4. The molecule has 2 rings (SSSR count). The lowest BCUT2D eigenvalue weighted by Crippen LogP contribution is -2.19. The van der Waals surface area contributed by atoms with E-state index in [-0.39, 0.29) is 18.5 Å². The molecular weight excluding hydrogens is 296 g/mol. The third-order valence-corrected chi connectivity index (χ3v) is 3.33. The number of carbonyl (C=O) groups is 1. The fourth-order valence-corrected chi connectivity index (χ4v) is 2.45. The Morgan fingerprint density at radius 1 is 1.56 bits per heavy atom. The molecule has 0 aromatic heterocycles. The van der Waals surface area contributed by atoms with E-state index in [1.807, 2.05) is 31.2 Å². The van der Waals surface area contributed by atoms with Gasteiger partial charge in [0.1, 0.15) is 11.9 Å². The lowest BCUT2D eigenvalue weighted by Gasteiger charge is -2.11. The Hall–Kier alpha value is -1.29. The van der Waals surface area contributed by atoms with Gasteiger partial charge in [0.15, 0.2) is 0 Å². The largest absolute Gasteiger partial charge is 0.484 e. The number of hydrogen-bond donors (Lipinski definition) is 0. The number of rotatable bonds is 3. The molecule has 0 aliphatic carbocycles. The van der Waals surface area contributed by atoms with E-state index in [0.29, 0.717) is 6.61 Å². The second-order valence-electron chi connectivity index (χ2n) is 4.00. The topological polar surface area (TPSA) is 35.5 Å². The van der Waals surface area contributed by atoms with Crippen molar-refractivity contribution < 1.29 is 14.3 Å². The van der Waals surface area contributed by atoms with E-state index < -0.39 is 0 Å². The van der Waals surface area contributed by atoms with E-state index in [2.05, 4.69) is 15.9 Å². The van der Waals surface area contributed by atoms with Gasteiger partial charge in [-0.25, -0.2) is 0 Å². The molecule has 1 aliphatic heterocycles. The van der Waals surface area contributed by atoms with Crippen LogP contribution in [0.2, 0.25) is 0 Å². The van der Waals surface area contributed by atoms with Gasteiger partial charge in [-0.05, 0) is 37.6 Å². The van der Waals surface area contributed by atoms with Gasteiger partial charge in [-0.3, -0.25) is 4.79 Å². The van der Waals surface area contributed by atoms with Crippen molar-refractivity contribution in [2.24, 2.45) is 0 Å². The van der Waals surface area contributed by atoms with Crippen LogP contribution in [0.4, 0.5) is 0 Å². The van der Waals surface area contributed by atoms with Crippen molar-refractivity contribution in [2.45, 2.75) is 26.4 Å². The molecule has 0 saturated heterocycles. The summed E-state index contributed by atoms with van der Waals surface area (Å²) < 4.78 is 11.8. The molecule has 1 aromatic rings. The smallest absolute Gasteiger partial charge is 0.309 e. The SMILES string of the molecule is C/C=C1\c2cc(Br)ccc2OC1CC(=O)OCC. The van der Waals surface area contributed by atoms with Crippen LogP contribution in [0.3, 0.4) is 0 Å². The number of ether oxygens (including phenoxy) is 2. The fourth-order valence-electron chi connectivity index (χ4n) is 2.09. The Labute approximate surface area is 115 Å². The molecule has 0 radical (unpaired) electrons. The molecule has 3 nitrogen and oxygen atoms in total. The summed E-state index contributed by atoms with van der Waals surface area (Å²) in [5.41, 5.74) is 2.08. The van der Waals surface area contributed by atoms with Crippen LogP contribution < -0.4 is 4.74 Å². The summed E-state index contributed by atoms with van der Waals surface area (Å²) in [7, 11) is 0. The zero-order valence-corrected chi connectivity index (χ0v) is 12.0. The number of hydrogen-bond acceptors (Lipinski definition) is 3. The zero-order chi connectivity index (χ0) is 13.1. The maximum Gasteiger partial charge on any atom is 0.309 e. The molecule has 0 fully saturated rings. The van der Waals surface area contributed by atoms with Crippen molar-refractivity contribution >= 4 is 27.5 Å². The first kappa shape index (κ1) is 13.1. The van der Waals surface area contributed by atoms with Crippen LogP contribution >= 0.6 is 15.9 Å². The summed E-state index contributed by atoms with van der Waals surface area (Å²) in [5, 5.41) is 0. The Balaban J connectivity index is 2.21. The first-order chi connectivity index (χ1) is 8.65. The Morgan fingerprint density at radius 2 is 2.33 bits per heavy atom. The molecule has 0 bridgehead atoms. The van der Waals surface area contributed by atoms with Gasteiger partial charge in [0.2, 0.25) is 0 Å². The Morgan fingerprint density at radius 3 is 3.00 bits per heavy atom. The first-order valence-corrected chi connectivity index (χ1v) is 6.73. The van der Waals surface area contributed by atoms with Gasteiger partial charge in [0, 0.05) is 10.0 Å². The minimum absolute atomic E-state index is 0.228. The molecule has 96 valence electrons. The number of benzene rings is 1. The quantitative estimate of drug-likeness (QED) is 0.801. The lowest BCUT2D eigenvalue weighted by molar-refractivity contribution is -0.144. The third kappa shape index (κ3) is 2.58. The van der Waals surface area contributed by atoms with E-state index in [0.717, 1.165) is 21.4 Å². The normalized spacial score (nSPS) is 19.5. The summed E-state index contributed by atoms with van der Waals surface area (Å²) in [5.74, 6) is 0.592. The summed E-state index contributed by atoms with van der Waals surface area (Å²) in [4.78, 5) is 11.5. The molecule has 1 aromatic carbocycles. The van der Waals surface area contributed by atoms with Crippen molar-refractivity contribution in [3.05, 3.63) is 34.3 Å². The predicted octanol–water partition coefficient (Wildman–Crippen LogP) is 3.57. The average molecular weight is 311 g/mol. The molecule has 1 heterocycles. The standard InChI is InChI=1S/C14H15BrO3/c1-3-10-11-7-9(15)5-6-12(11)18-13(10)8-14(16)17-4-2/h3,5-7,13H,4,8H2,1-2H3/b10-3+. The van der Waals surface area contributed by atoms with Crippen LogP contribution in [0.5, 0.6) is 5.75 Å². The minimum Gasteiger partial charge on any atom is -0.484 e. The number of carbonyl (C=O) groups excluding carboxylic acids is 1. The maximum absolute atomic E-state index is 11.5. The van der Waals surface area contributed by atoms with Crippen LogP contribution in [0.15, 0.2) is 28.7 Å².